The summed E-state index contributed by atoms with van der Waals surface area (Å²) in [5.41, 5.74) is 0.601. The van der Waals surface area contributed by atoms with E-state index in [1.807, 2.05) is 0 Å². The molecule has 1 aromatic heterocycles. The largest absolute Gasteiger partial charge is 0.497 e. The number of benzene rings is 1. The Morgan fingerprint density at radius 1 is 1.14 bits per heavy atom. The van der Waals surface area contributed by atoms with Gasteiger partial charge in [-0.15, -0.1) is 10.2 Å². The van der Waals surface area contributed by atoms with Crippen molar-refractivity contribution in [2.75, 3.05) is 18.2 Å². The Morgan fingerprint density at radius 2 is 1.93 bits per heavy atom. The van der Waals surface area contributed by atoms with Crippen molar-refractivity contribution in [2.45, 2.75) is 56.2 Å². The number of methoxy groups -OCH3 is 1. The fourth-order valence-corrected chi connectivity index (χ4v) is 4.24. The number of unbranched alkanes of at least 4 members (excludes halogenated alkanes) is 5. The van der Waals surface area contributed by atoms with Crippen LogP contribution >= 0.6 is 23.1 Å². The number of nitrogens with one attached hydrogen (secondary N) is 1. The van der Waals surface area contributed by atoms with E-state index in [-0.39, 0.29) is 17.4 Å². The molecule has 0 unspecified atom stereocenters. The molecular formula is C20H27N3O3S2. The fourth-order valence-electron chi connectivity index (χ4n) is 2.57. The molecule has 0 aliphatic rings. The molecule has 1 N–H and O–H groups in total. The standard InChI is InChI=1S/C20H27N3O3S2/c1-3-4-5-6-7-8-12-18(25)21-19-22-23-20(28-19)27-14-17(24)15-10-9-11-16(13-15)26-2/h9-11,13H,3-8,12,14H2,1-2H3,(H,21,22,25). The van der Waals surface area contributed by atoms with Crippen molar-refractivity contribution < 1.29 is 14.3 Å². The summed E-state index contributed by atoms with van der Waals surface area (Å²) in [6, 6.07) is 7.07. The number of Topliss-reactive ketones (excluding diaryl/α,β-unsaturated/α-hetero) is 1. The van der Waals surface area contributed by atoms with Gasteiger partial charge in [0.15, 0.2) is 10.1 Å². The van der Waals surface area contributed by atoms with Crippen LogP contribution in [0.4, 0.5) is 5.13 Å². The third-order valence-electron chi connectivity index (χ3n) is 4.13. The van der Waals surface area contributed by atoms with Crippen molar-refractivity contribution in [3.63, 3.8) is 0 Å². The summed E-state index contributed by atoms with van der Waals surface area (Å²) in [5.74, 6) is 0.874. The maximum atomic E-state index is 12.3. The van der Waals surface area contributed by atoms with Crippen LogP contribution in [-0.2, 0) is 4.79 Å². The predicted molar refractivity (Wildman–Crippen MR) is 115 cm³/mol. The minimum absolute atomic E-state index is 0.00671. The highest BCUT2D eigenvalue weighted by Crippen LogP contribution is 2.26. The molecule has 28 heavy (non-hydrogen) atoms. The molecule has 0 spiro atoms. The van der Waals surface area contributed by atoms with Gasteiger partial charge in [0.1, 0.15) is 5.75 Å². The van der Waals surface area contributed by atoms with Crippen LogP contribution in [0.3, 0.4) is 0 Å². The number of aromatic nitrogens is 2. The van der Waals surface area contributed by atoms with E-state index in [1.165, 1.54) is 48.8 Å². The number of amides is 1. The highest BCUT2D eigenvalue weighted by molar-refractivity contribution is 8.01. The van der Waals surface area contributed by atoms with Gasteiger partial charge in [0.25, 0.3) is 0 Å². The molecule has 0 saturated heterocycles. The summed E-state index contributed by atoms with van der Waals surface area (Å²) in [6.07, 6.45) is 7.39. The number of anilines is 1. The van der Waals surface area contributed by atoms with Gasteiger partial charge in [-0.25, -0.2) is 0 Å². The first-order chi connectivity index (χ1) is 13.6. The summed E-state index contributed by atoms with van der Waals surface area (Å²) in [5, 5.41) is 11.3. The zero-order valence-electron chi connectivity index (χ0n) is 16.4. The van der Waals surface area contributed by atoms with Gasteiger partial charge in [-0.3, -0.25) is 9.59 Å². The Morgan fingerprint density at radius 3 is 2.71 bits per heavy atom. The lowest BCUT2D eigenvalue weighted by molar-refractivity contribution is -0.116. The zero-order chi connectivity index (χ0) is 20.2. The Hall–Kier alpha value is -1.93. The Balaban J connectivity index is 1.71. The number of ketones is 1. The van der Waals surface area contributed by atoms with Crippen molar-refractivity contribution >= 4 is 39.9 Å². The summed E-state index contributed by atoms with van der Waals surface area (Å²) in [6.45, 7) is 2.19. The second kappa shape index (κ2) is 12.5. The topological polar surface area (TPSA) is 81.2 Å². The molecular weight excluding hydrogens is 394 g/mol. The third-order valence-corrected chi connectivity index (χ3v) is 6.10. The van der Waals surface area contributed by atoms with Crippen LogP contribution in [0.5, 0.6) is 5.75 Å². The summed E-state index contributed by atoms with van der Waals surface area (Å²) in [4.78, 5) is 24.3. The first-order valence-corrected chi connectivity index (χ1v) is 11.4. The molecule has 0 bridgehead atoms. The van der Waals surface area contributed by atoms with E-state index in [0.29, 0.717) is 27.2 Å². The number of carbonyl (C=O) groups excluding carboxylic acids is 2. The van der Waals surface area contributed by atoms with Gasteiger partial charge in [0.05, 0.1) is 12.9 Å². The van der Waals surface area contributed by atoms with Crippen LogP contribution in [-0.4, -0.2) is 34.8 Å². The third kappa shape index (κ3) is 7.98. The molecule has 1 heterocycles. The van der Waals surface area contributed by atoms with Crippen LogP contribution < -0.4 is 10.1 Å². The van der Waals surface area contributed by atoms with E-state index in [2.05, 4.69) is 22.4 Å². The minimum Gasteiger partial charge on any atom is -0.497 e. The van der Waals surface area contributed by atoms with Gasteiger partial charge >= 0.3 is 0 Å². The Kier molecular flexibility index (Phi) is 9.99. The SMILES string of the molecule is CCCCCCCCC(=O)Nc1nnc(SCC(=O)c2cccc(OC)c2)s1. The number of hydrogen-bond acceptors (Lipinski definition) is 7. The maximum absolute atomic E-state index is 12.3. The average molecular weight is 422 g/mol. The van der Waals surface area contributed by atoms with Crippen molar-refractivity contribution in [1.82, 2.24) is 10.2 Å². The average Bonchev–Trinajstić information content (AvgIpc) is 3.16. The Labute approximate surface area is 174 Å². The quantitative estimate of drug-likeness (QED) is 0.207. The first kappa shape index (κ1) is 22.4. The zero-order valence-corrected chi connectivity index (χ0v) is 18.0. The minimum atomic E-state index is -0.0318. The molecule has 6 nitrogen and oxygen atoms in total. The van der Waals surface area contributed by atoms with Gasteiger partial charge in [-0.2, -0.15) is 0 Å². The van der Waals surface area contributed by atoms with Gasteiger partial charge in [0.2, 0.25) is 11.0 Å². The molecule has 0 saturated carbocycles. The lowest BCUT2D eigenvalue weighted by atomic mass is 10.1. The van der Waals surface area contributed by atoms with Crippen molar-refractivity contribution in [1.29, 1.82) is 0 Å². The van der Waals surface area contributed by atoms with Crippen LogP contribution in [0.1, 0.15) is 62.2 Å². The molecule has 0 radical (unpaired) electrons. The van der Waals surface area contributed by atoms with E-state index < -0.39 is 0 Å². The van der Waals surface area contributed by atoms with Crippen LogP contribution in [0.15, 0.2) is 28.6 Å². The molecule has 0 fully saturated rings. The second-order valence-corrected chi connectivity index (χ2v) is 8.58. The number of carbonyl (C=O) groups is 2. The number of rotatable bonds is 13. The van der Waals surface area contributed by atoms with Crippen LogP contribution in [0.2, 0.25) is 0 Å². The van der Waals surface area contributed by atoms with E-state index in [4.69, 9.17) is 4.74 Å². The van der Waals surface area contributed by atoms with Gasteiger partial charge in [-0.1, -0.05) is 74.3 Å². The van der Waals surface area contributed by atoms with E-state index in [9.17, 15) is 9.59 Å². The smallest absolute Gasteiger partial charge is 0.226 e. The number of thioether (sulfide) groups is 1. The Bertz CT molecular complexity index is 765. The molecule has 2 aromatic rings. The summed E-state index contributed by atoms with van der Waals surface area (Å²) in [7, 11) is 1.57. The van der Waals surface area contributed by atoms with Crippen molar-refractivity contribution in [3.05, 3.63) is 29.8 Å². The fraction of sp³-hybridized carbons (Fsp3) is 0.500. The molecule has 152 valence electrons. The number of hydrogen-bond donors (Lipinski definition) is 1. The molecule has 0 aliphatic carbocycles. The van der Waals surface area contributed by atoms with Crippen molar-refractivity contribution in [2.24, 2.45) is 0 Å². The van der Waals surface area contributed by atoms with E-state index in [1.54, 1.807) is 31.4 Å². The monoisotopic (exact) mass is 421 g/mol. The molecule has 2 rings (SSSR count). The van der Waals surface area contributed by atoms with E-state index in [0.717, 1.165) is 12.8 Å². The highest BCUT2D eigenvalue weighted by atomic mass is 32.2. The number of nitrogens with zero attached hydrogens (tertiary/aromatic N) is 2. The van der Waals surface area contributed by atoms with E-state index >= 15 is 0 Å². The highest BCUT2D eigenvalue weighted by Gasteiger charge is 2.12. The first-order valence-electron chi connectivity index (χ1n) is 9.55. The normalized spacial score (nSPS) is 10.6. The predicted octanol–water partition coefficient (Wildman–Crippen LogP) is 5.21. The van der Waals surface area contributed by atoms with Crippen LogP contribution in [0.25, 0.3) is 0 Å². The number of ether oxygens (including phenoxy) is 1. The molecule has 1 amide bonds. The van der Waals surface area contributed by atoms with Gasteiger partial charge < -0.3 is 10.1 Å². The lowest BCUT2D eigenvalue weighted by Crippen LogP contribution is -2.10. The maximum Gasteiger partial charge on any atom is 0.226 e. The molecule has 1 aromatic carbocycles. The van der Waals surface area contributed by atoms with Crippen molar-refractivity contribution in [3.8, 4) is 5.75 Å². The summed E-state index contributed by atoms with van der Waals surface area (Å²) < 4.78 is 5.80. The molecule has 8 heteroatoms. The van der Waals surface area contributed by atoms with Crippen LogP contribution in [0, 0.1) is 0 Å². The molecule has 0 atom stereocenters. The lowest BCUT2D eigenvalue weighted by Gasteiger charge is -2.02. The van der Waals surface area contributed by atoms with Gasteiger partial charge in [-0.05, 0) is 18.6 Å². The second-order valence-electron chi connectivity index (χ2n) is 6.38. The molecule has 0 aliphatic heterocycles. The van der Waals surface area contributed by atoms with Gasteiger partial charge in [0, 0.05) is 12.0 Å². The summed E-state index contributed by atoms with van der Waals surface area (Å²) >= 11 is 2.61.